The first-order chi connectivity index (χ1) is 6.20. The molecule has 0 atom stereocenters. The van der Waals surface area contributed by atoms with Crippen LogP contribution in [0.15, 0.2) is 0 Å². The van der Waals surface area contributed by atoms with Gasteiger partial charge in [-0.05, 0) is 20.0 Å². The quantitative estimate of drug-likeness (QED) is 0.460. The summed E-state index contributed by atoms with van der Waals surface area (Å²) in [6.45, 7) is 0.877. The first-order valence-electron chi connectivity index (χ1n) is 4.32. The van der Waals surface area contributed by atoms with E-state index in [1.54, 1.807) is 0 Å². The number of carbonyl (C=O) groups is 2. The molecule has 0 saturated carbocycles. The van der Waals surface area contributed by atoms with E-state index in [2.05, 4.69) is 16.0 Å². The Labute approximate surface area is 78.3 Å². The molecular weight excluding hydrogens is 170 g/mol. The third-order valence-corrected chi connectivity index (χ3v) is 1.56. The van der Waals surface area contributed by atoms with Crippen LogP contribution in [0, 0.1) is 0 Å². The van der Waals surface area contributed by atoms with E-state index < -0.39 is 0 Å². The van der Waals surface area contributed by atoms with E-state index in [4.69, 9.17) is 0 Å². The van der Waals surface area contributed by atoms with Gasteiger partial charge in [0.05, 0.1) is 6.54 Å². The average Bonchev–Trinajstić information content (AvgIpc) is 2.14. The molecule has 0 radical (unpaired) electrons. The van der Waals surface area contributed by atoms with E-state index in [1.807, 2.05) is 7.05 Å². The summed E-state index contributed by atoms with van der Waals surface area (Å²) in [4.78, 5) is 21.7. The van der Waals surface area contributed by atoms with Gasteiger partial charge in [-0.2, -0.15) is 0 Å². The molecule has 0 aromatic carbocycles. The second-order valence-corrected chi connectivity index (χ2v) is 2.66. The molecule has 0 aliphatic carbocycles. The lowest BCUT2D eigenvalue weighted by Gasteiger charge is -2.03. The molecule has 5 nitrogen and oxygen atoms in total. The molecule has 0 saturated heterocycles. The summed E-state index contributed by atoms with van der Waals surface area (Å²) in [6, 6.07) is 0. The third kappa shape index (κ3) is 7.27. The molecule has 2 amide bonds. The fraction of sp³-hybridized carbons (Fsp3) is 0.750. The van der Waals surface area contributed by atoms with E-state index in [0.717, 1.165) is 13.0 Å². The van der Waals surface area contributed by atoms with Crippen LogP contribution in [-0.4, -0.2) is 39.0 Å². The summed E-state index contributed by atoms with van der Waals surface area (Å²) in [5.74, 6) is -0.263. The van der Waals surface area contributed by atoms with Crippen LogP contribution in [-0.2, 0) is 9.59 Å². The lowest BCUT2D eigenvalue weighted by atomic mass is 10.3. The van der Waals surface area contributed by atoms with Gasteiger partial charge in [-0.3, -0.25) is 9.59 Å². The predicted molar refractivity (Wildman–Crippen MR) is 50.2 cm³/mol. The van der Waals surface area contributed by atoms with Crippen LogP contribution in [0.3, 0.4) is 0 Å². The van der Waals surface area contributed by atoms with E-state index in [1.165, 1.54) is 7.05 Å². The van der Waals surface area contributed by atoms with Gasteiger partial charge in [0, 0.05) is 13.5 Å². The zero-order valence-electron chi connectivity index (χ0n) is 8.14. The standard InChI is InChI=1S/C8H17N3O2/c1-9-5-3-4-7(12)11-6-8(13)10-2/h9H,3-6H2,1-2H3,(H,10,13)(H,11,12). The van der Waals surface area contributed by atoms with Crippen molar-refractivity contribution in [2.24, 2.45) is 0 Å². The zero-order valence-corrected chi connectivity index (χ0v) is 8.14. The Morgan fingerprint density at radius 2 is 1.85 bits per heavy atom. The summed E-state index contributed by atoms with van der Waals surface area (Å²) in [5, 5.41) is 7.87. The van der Waals surface area contributed by atoms with Gasteiger partial charge in [-0.15, -0.1) is 0 Å². The number of carbonyl (C=O) groups excluding carboxylic acids is 2. The Kier molecular flexibility index (Phi) is 6.91. The van der Waals surface area contributed by atoms with Crippen LogP contribution in [0.25, 0.3) is 0 Å². The lowest BCUT2D eigenvalue weighted by molar-refractivity contribution is -0.125. The van der Waals surface area contributed by atoms with E-state index >= 15 is 0 Å². The van der Waals surface area contributed by atoms with E-state index in [0.29, 0.717) is 6.42 Å². The van der Waals surface area contributed by atoms with Crippen molar-refractivity contribution in [3.05, 3.63) is 0 Å². The highest BCUT2D eigenvalue weighted by Gasteiger charge is 2.02. The van der Waals surface area contributed by atoms with Crippen molar-refractivity contribution >= 4 is 11.8 Å². The fourth-order valence-corrected chi connectivity index (χ4v) is 0.781. The summed E-state index contributed by atoms with van der Waals surface area (Å²) in [5.41, 5.74) is 0. The molecule has 13 heavy (non-hydrogen) atoms. The minimum absolute atomic E-state index is 0.0644. The van der Waals surface area contributed by atoms with Crippen molar-refractivity contribution < 1.29 is 9.59 Å². The molecule has 0 spiro atoms. The van der Waals surface area contributed by atoms with Gasteiger partial charge in [0.15, 0.2) is 0 Å². The molecule has 0 unspecified atom stereocenters. The average molecular weight is 187 g/mol. The number of hydrogen-bond acceptors (Lipinski definition) is 3. The lowest BCUT2D eigenvalue weighted by Crippen LogP contribution is -2.35. The molecule has 0 aliphatic heterocycles. The minimum Gasteiger partial charge on any atom is -0.358 e. The van der Waals surface area contributed by atoms with Gasteiger partial charge in [-0.1, -0.05) is 0 Å². The maximum atomic E-state index is 11.0. The molecule has 5 heteroatoms. The molecule has 0 fully saturated rings. The monoisotopic (exact) mass is 187 g/mol. The molecular formula is C8H17N3O2. The van der Waals surface area contributed by atoms with Crippen LogP contribution < -0.4 is 16.0 Å². The predicted octanol–water partition coefficient (Wildman–Crippen LogP) is -1.15. The topological polar surface area (TPSA) is 70.2 Å². The highest BCUT2D eigenvalue weighted by Crippen LogP contribution is 1.85. The third-order valence-electron chi connectivity index (χ3n) is 1.56. The molecule has 0 rings (SSSR count). The summed E-state index contributed by atoms with van der Waals surface area (Å²) < 4.78 is 0. The molecule has 0 aromatic heterocycles. The summed E-state index contributed by atoms with van der Waals surface area (Å²) >= 11 is 0. The van der Waals surface area contributed by atoms with E-state index in [-0.39, 0.29) is 18.4 Å². The van der Waals surface area contributed by atoms with Crippen molar-refractivity contribution in [1.82, 2.24) is 16.0 Å². The van der Waals surface area contributed by atoms with Gasteiger partial charge in [0.2, 0.25) is 11.8 Å². The van der Waals surface area contributed by atoms with Gasteiger partial charge in [0.1, 0.15) is 0 Å². The Morgan fingerprint density at radius 1 is 1.15 bits per heavy atom. The van der Waals surface area contributed by atoms with Gasteiger partial charge in [0.25, 0.3) is 0 Å². The van der Waals surface area contributed by atoms with Gasteiger partial charge >= 0.3 is 0 Å². The molecule has 3 N–H and O–H groups in total. The van der Waals surface area contributed by atoms with Crippen LogP contribution in [0.4, 0.5) is 0 Å². The Balaban J connectivity index is 3.35. The second kappa shape index (κ2) is 7.54. The maximum Gasteiger partial charge on any atom is 0.239 e. The van der Waals surface area contributed by atoms with Crippen LogP contribution >= 0.6 is 0 Å². The largest absolute Gasteiger partial charge is 0.358 e. The number of rotatable bonds is 6. The molecule has 0 aliphatic rings. The molecule has 0 bridgehead atoms. The molecule has 0 heterocycles. The van der Waals surface area contributed by atoms with Crippen molar-refractivity contribution in [1.29, 1.82) is 0 Å². The Hall–Kier alpha value is -1.10. The van der Waals surface area contributed by atoms with E-state index in [9.17, 15) is 9.59 Å². The normalized spacial score (nSPS) is 9.38. The zero-order chi connectivity index (χ0) is 10.1. The Morgan fingerprint density at radius 3 is 2.38 bits per heavy atom. The second-order valence-electron chi connectivity index (χ2n) is 2.66. The first kappa shape index (κ1) is 11.9. The van der Waals surface area contributed by atoms with Gasteiger partial charge in [-0.25, -0.2) is 0 Å². The first-order valence-corrected chi connectivity index (χ1v) is 4.32. The maximum absolute atomic E-state index is 11.0. The van der Waals surface area contributed by atoms with Crippen LogP contribution in [0.5, 0.6) is 0 Å². The number of amides is 2. The van der Waals surface area contributed by atoms with Crippen molar-refractivity contribution in [2.45, 2.75) is 12.8 Å². The SMILES string of the molecule is CNCCCC(=O)NCC(=O)NC. The van der Waals surface area contributed by atoms with Crippen molar-refractivity contribution in [3.8, 4) is 0 Å². The van der Waals surface area contributed by atoms with Crippen LogP contribution in [0.1, 0.15) is 12.8 Å². The van der Waals surface area contributed by atoms with Crippen LogP contribution in [0.2, 0.25) is 0 Å². The Bertz CT molecular complexity index is 171. The summed E-state index contributed by atoms with van der Waals surface area (Å²) in [6.07, 6.45) is 1.24. The fourth-order valence-electron chi connectivity index (χ4n) is 0.781. The number of nitrogens with one attached hydrogen (secondary N) is 3. The number of hydrogen-bond donors (Lipinski definition) is 3. The highest BCUT2D eigenvalue weighted by molar-refractivity contribution is 5.84. The molecule has 0 aromatic rings. The highest BCUT2D eigenvalue weighted by atomic mass is 16.2. The smallest absolute Gasteiger partial charge is 0.239 e. The number of likely N-dealkylation sites (N-methyl/N-ethyl adjacent to an activating group) is 1. The van der Waals surface area contributed by atoms with Crippen molar-refractivity contribution in [3.63, 3.8) is 0 Å². The van der Waals surface area contributed by atoms with Gasteiger partial charge < -0.3 is 16.0 Å². The summed E-state index contributed by atoms with van der Waals surface area (Å²) in [7, 11) is 3.37. The van der Waals surface area contributed by atoms with Crippen molar-refractivity contribution in [2.75, 3.05) is 27.2 Å². The molecule has 76 valence electrons. The minimum atomic E-state index is -0.179.